The molecule has 0 aliphatic rings. The van der Waals surface area contributed by atoms with Crippen molar-refractivity contribution >= 4 is 11.7 Å². The Morgan fingerprint density at radius 3 is 2.47 bits per heavy atom. The lowest BCUT2D eigenvalue weighted by atomic mass is 10.1. The van der Waals surface area contributed by atoms with Gasteiger partial charge in [0.15, 0.2) is 5.82 Å². The van der Waals surface area contributed by atoms with Gasteiger partial charge in [0.05, 0.1) is 11.3 Å². The van der Waals surface area contributed by atoms with Crippen molar-refractivity contribution in [1.82, 2.24) is 10.2 Å². The molecule has 1 aromatic heterocycles. The van der Waals surface area contributed by atoms with E-state index in [1.54, 1.807) is 0 Å². The van der Waals surface area contributed by atoms with Gasteiger partial charge in [-0.15, -0.1) is 5.10 Å². The second-order valence-electron chi connectivity index (χ2n) is 4.39. The summed E-state index contributed by atoms with van der Waals surface area (Å²) in [6.45, 7) is 8.03. The molecule has 0 spiro atoms. The van der Waals surface area contributed by atoms with Crippen molar-refractivity contribution in [2.75, 3.05) is 11.9 Å². The highest BCUT2D eigenvalue weighted by atomic mass is 15.3. The number of amidine groups is 1. The molecule has 3 N–H and O–H groups in total. The molecule has 0 aliphatic carbocycles. The van der Waals surface area contributed by atoms with Gasteiger partial charge in [-0.3, -0.25) is 5.41 Å². The summed E-state index contributed by atoms with van der Waals surface area (Å²) in [6.07, 6.45) is 1.00. The van der Waals surface area contributed by atoms with Gasteiger partial charge in [-0.25, -0.2) is 0 Å². The summed E-state index contributed by atoms with van der Waals surface area (Å²) in [5, 5.41) is 16.0. The van der Waals surface area contributed by atoms with Crippen molar-refractivity contribution in [3.8, 4) is 0 Å². The smallest absolute Gasteiger partial charge is 0.162 e. The van der Waals surface area contributed by atoms with Crippen molar-refractivity contribution in [1.29, 1.82) is 5.41 Å². The molecule has 0 saturated carbocycles. The molecular weight excluding hydrogens is 214 g/mol. The number of rotatable bonds is 4. The summed E-state index contributed by atoms with van der Waals surface area (Å²) in [4.78, 5) is 2.02. The minimum atomic E-state index is 0.0469. The van der Waals surface area contributed by atoms with Crippen LogP contribution in [0.5, 0.6) is 0 Å². The predicted molar refractivity (Wildman–Crippen MR) is 70.7 cm³/mol. The van der Waals surface area contributed by atoms with Crippen LogP contribution in [-0.2, 0) is 0 Å². The molecule has 1 aromatic rings. The van der Waals surface area contributed by atoms with Crippen molar-refractivity contribution in [3.63, 3.8) is 0 Å². The van der Waals surface area contributed by atoms with E-state index >= 15 is 0 Å². The summed E-state index contributed by atoms with van der Waals surface area (Å²) < 4.78 is 0. The molecule has 94 valence electrons. The van der Waals surface area contributed by atoms with Crippen LogP contribution in [0.1, 0.15) is 37.1 Å². The summed E-state index contributed by atoms with van der Waals surface area (Å²) in [7, 11) is 1.96. The molecular formula is C12H21N5. The third-order valence-electron chi connectivity index (χ3n) is 3.29. The number of hydrogen-bond acceptors (Lipinski definition) is 4. The van der Waals surface area contributed by atoms with E-state index in [-0.39, 0.29) is 5.84 Å². The van der Waals surface area contributed by atoms with Gasteiger partial charge >= 0.3 is 0 Å². The number of aromatic nitrogens is 2. The van der Waals surface area contributed by atoms with Crippen LogP contribution in [-0.4, -0.2) is 29.1 Å². The van der Waals surface area contributed by atoms with Gasteiger partial charge in [0.1, 0.15) is 5.84 Å². The van der Waals surface area contributed by atoms with Crippen molar-refractivity contribution in [2.45, 2.75) is 40.2 Å². The molecule has 0 radical (unpaired) electrons. The van der Waals surface area contributed by atoms with Gasteiger partial charge < -0.3 is 10.6 Å². The van der Waals surface area contributed by atoms with E-state index in [1.807, 2.05) is 25.8 Å². The Labute approximate surface area is 103 Å². The lowest BCUT2D eigenvalue weighted by Gasteiger charge is -2.27. The first kappa shape index (κ1) is 13.4. The maximum Gasteiger partial charge on any atom is 0.162 e. The van der Waals surface area contributed by atoms with Gasteiger partial charge in [0, 0.05) is 13.1 Å². The van der Waals surface area contributed by atoms with Crippen molar-refractivity contribution < 1.29 is 0 Å². The monoisotopic (exact) mass is 235 g/mol. The van der Waals surface area contributed by atoms with Crippen LogP contribution in [0.3, 0.4) is 0 Å². The Kier molecular flexibility index (Phi) is 4.04. The average molecular weight is 235 g/mol. The minimum absolute atomic E-state index is 0.0469. The number of nitrogens with one attached hydrogen (secondary N) is 1. The lowest BCUT2D eigenvalue weighted by molar-refractivity contribution is 0.650. The summed E-state index contributed by atoms with van der Waals surface area (Å²) in [5.41, 5.74) is 8.09. The lowest BCUT2D eigenvalue weighted by Crippen LogP contribution is -2.32. The van der Waals surface area contributed by atoms with Crippen LogP contribution in [0.15, 0.2) is 0 Å². The number of nitrogens with zero attached hydrogens (tertiary/aromatic N) is 3. The zero-order valence-electron chi connectivity index (χ0n) is 11.2. The van der Waals surface area contributed by atoms with Crippen molar-refractivity contribution in [2.24, 2.45) is 5.73 Å². The molecule has 1 atom stereocenters. The number of nitrogens with two attached hydrogens (primary N) is 1. The molecule has 17 heavy (non-hydrogen) atoms. The quantitative estimate of drug-likeness (QED) is 0.614. The van der Waals surface area contributed by atoms with Crippen LogP contribution in [0, 0.1) is 19.3 Å². The van der Waals surface area contributed by atoms with Crippen LogP contribution in [0.25, 0.3) is 0 Å². The number of anilines is 1. The van der Waals surface area contributed by atoms with Gasteiger partial charge in [-0.05, 0) is 32.8 Å². The fourth-order valence-electron chi connectivity index (χ4n) is 1.65. The number of hydrogen-bond donors (Lipinski definition) is 2. The van der Waals surface area contributed by atoms with Gasteiger partial charge in [0.2, 0.25) is 0 Å². The van der Waals surface area contributed by atoms with E-state index in [4.69, 9.17) is 11.1 Å². The Morgan fingerprint density at radius 2 is 2.00 bits per heavy atom. The predicted octanol–water partition coefficient (Wildman–Crippen LogP) is 1.61. The van der Waals surface area contributed by atoms with Gasteiger partial charge in [-0.2, -0.15) is 5.10 Å². The molecule has 0 aliphatic heterocycles. The maximum absolute atomic E-state index is 7.69. The molecule has 0 fully saturated rings. The van der Waals surface area contributed by atoms with Crippen molar-refractivity contribution in [3.05, 3.63) is 16.8 Å². The van der Waals surface area contributed by atoms with Crippen LogP contribution in [0.2, 0.25) is 0 Å². The SMILES string of the molecule is CCC(C)N(C)c1nnc(C)c(C)c1C(=N)N. The zero-order valence-corrected chi connectivity index (χ0v) is 11.2. The van der Waals surface area contributed by atoms with Crippen LogP contribution < -0.4 is 10.6 Å². The molecule has 5 heteroatoms. The molecule has 0 aromatic carbocycles. The summed E-state index contributed by atoms with van der Waals surface area (Å²) in [6, 6.07) is 0.338. The molecule has 1 heterocycles. The third kappa shape index (κ3) is 2.54. The Balaban J connectivity index is 3.34. The second kappa shape index (κ2) is 5.12. The van der Waals surface area contributed by atoms with Crippen LogP contribution in [0.4, 0.5) is 5.82 Å². The molecule has 0 amide bonds. The van der Waals surface area contributed by atoms with E-state index in [0.29, 0.717) is 17.4 Å². The van der Waals surface area contributed by atoms with E-state index in [2.05, 4.69) is 24.0 Å². The topological polar surface area (TPSA) is 78.9 Å². The standard InChI is InChI=1S/C12H21N5/c1-6-7(2)17(5)12-10(11(13)14)8(3)9(4)15-16-12/h7H,6H2,1-5H3,(H3,13,14). The van der Waals surface area contributed by atoms with E-state index in [1.165, 1.54) is 0 Å². The van der Waals surface area contributed by atoms with Gasteiger partial charge in [0.25, 0.3) is 0 Å². The molecule has 1 unspecified atom stereocenters. The first-order valence-corrected chi connectivity index (χ1v) is 5.81. The molecule has 0 bridgehead atoms. The molecule has 1 rings (SSSR count). The first-order chi connectivity index (χ1) is 7.90. The Morgan fingerprint density at radius 1 is 1.41 bits per heavy atom. The Hall–Kier alpha value is -1.65. The normalized spacial score (nSPS) is 12.3. The number of aryl methyl sites for hydroxylation is 1. The highest BCUT2D eigenvalue weighted by Crippen LogP contribution is 2.22. The highest BCUT2D eigenvalue weighted by molar-refractivity contribution is 6.01. The van der Waals surface area contributed by atoms with Gasteiger partial charge in [-0.1, -0.05) is 6.92 Å². The third-order valence-corrected chi connectivity index (χ3v) is 3.29. The largest absolute Gasteiger partial charge is 0.384 e. The zero-order chi connectivity index (χ0) is 13.2. The highest BCUT2D eigenvalue weighted by Gasteiger charge is 2.19. The summed E-state index contributed by atoms with van der Waals surface area (Å²) in [5.74, 6) is 0.737. The molecule has 0 saturated heterocycles. The summed E-state index contributed by atoms with van der Waals surface area (Å²) >= 11 is 0. The average Bonchev–Trinajstić information content (AvgIpc) is 2.29. The van der Waals surface area contributed by atoms with E-state index < -0.39 is 0 Å². The van der Waals surface area contributed by atoms with E-state index in [9.17, 15) is 0 Å². The maximum atomic E-state index is 7.69. The minimum Gasteiger partial charge on any atom is -0.384 e. The van der Waals surface area contributed by atoms with E-state index in [0.717, 1.165) is 17.7 Å². The first-order valence-electron chi connectivity index (χ1n) is 5.81. The fourth-order valence-corrected chi connectivity index (χ4v) is 1.65. The second-order valence-corrected chi connectivity index (χ2v) is 4.39. The fraction of sp³-hybridized carbons (Fsp3) is 0.583. The molecule has 5 nitrogen and oxygen atoms in total. The number of nitrogen functional groups attached to an aromatic ring is 1. The van der Waals surface area contributed by atoms with Crippen LogP contribution >= 0.6 is 0 Å². The Bertz CT molecular complexity index is 427.